The molecule has 0 saturated heterocycles. The quantitative estimate of drug-likeness (QED) is 0.0242. The van der Waals surface area contributed by atoms with Gasteiger partial charge in [0.1, 0.15) is 22.4 Å². The highest BCUT2D eigenvalue weighted by molar-refractivity contribution is 6.00. The van der Waals surface area contributed by atoms with Gasteiger partial charge in [0.25, 0.3) is 0 Å². The van der Waals surface area contributed by atoms with E-state index in [9.17, 15) is 0 Å². The highest BCUT2D eigenvalue weighted by atomic mass is 15.0. The van der Waals surface area contributed by atoms with E-state index >= 15 is 0 Å². The molecular weight excluding hydrogens is 737 g/mol. The van der Waals surface area contributed by atoms with E-state index in [1.54, 1.807) is 0 Å². The molecule has 310 valence electrons. The van der Waals surface area contributed by atoms with Gasteiger partial charge in [0.2, 0.25) is 16.7 Å². The van der Waals surface area contributed by atoms with Crippen LogP contribution in [0, 0.1) is 20.8 Å². The Kier molecular flexibility index (Phi) is 14.3. The largest absolute Gasteiger partial charge is 0.399 e. The third-order valence-electron chi connectivity index (χ3n) is 11.8. The van der Waals surface area contributed by atoms with Crippen LogP contribution >= 0.6 is 0 Å². The van der Waals surface area contributed by atoms with Crippen molar-refractivity contribution in [1.82, 2.24) is 4.98 Å². The maximum absolute atomic E-state index is 6.40. The van der Waals surface area contributed by atoms with Gasteiger partial charge >= 0.3 is 0 Å². The van der Waals surface area contributed by atoms with Gasteiger partial charge in [-0.05, 0) is 99.2 Å². The molecule has 0 bridgehead atoms. The van der Waals surface area contributed by atoms with Gasteiger partial charge in [0.15, 0.2) is 5.69 Å². The Morgan fingerprint density at radius 1 is 0.633 bits per heavy atom. The van der Waals surface area contributed by atoms with Crippen LogP contribution in [0.25, 0.3) is 27.8 Å². The van der Waals surface area contributed by atoms with Gasteiger partial charge in [0, 0.05) is 78.3 Å². The normalized spacial score (nSPS) is 13.5. The minimum atomic E-state index is 0.752. The Morgan fingerprint density at radius 3 is 1.82 bits per heavy atom. The predicted octanol–water partition coefficient (Wildman–Crippen LogP) is 11.4. The Balaban J connectivity index is 0.816. The summed E-state index contributed by atoms with van der Waals surface area (Å²) in [4.78, 5) is 10.2. The zero-order chi connectivity index (χ0) is 41.8. The van der Waals surface area contributed by atoms with Crippen LogP contribution in [-0.4, -0.2) is 23.8 Å². The second-order valence-corrected chi connectivity index (χ2v) is 16.6. The first kappa shape index (κ1) is 42.1. The van der Waals surface area contributed by atoms with E-state index in [-0.39, 0.29) is 0 Å². The third-order valence-corrected chi connectivity index (χ3v) is 11.8. The molecule has 1 aliphatic carbocycles. The van der Waals surface area contributed by atoms with Crippen molar-refractivity contribution in [3.63, 3.8) is 0 Å². The molecule has 0 amide bonds. The lowest BCUT2D eigenvalue weighted by Crippen LogP contribution is -2.71. The summed E-state index contributed by atoms with van der Waals surface area (Å²) in [6.45, 7) is 10.4. The number of quaternary nitrogens is 1. The summed E-state index contributed by atoms with van der Waals surface area (Å²) in [5.74, 6) is 0. The molecule has 8 heteroatoms. The first-order valence-electron chi connectivity index (χ1n) is 22.1. The molecule has 0 unspecified atom stereocenters. The lowest BCUT2D eigenvalue weighted by atomic mass is 10.0. The van der Waals surface area contributed by atoms with Crippen LogP contribution in [0.15, 0.2) is 125 Å². The molecule has 0 spiro atoms. The Hall–Kier alpha value is -5.99. The van der Waals surface area contributed by atoms with E-state index < -0.39 is 0 Å². The van der Waals surface area contributed by atoms with Gasteiger partial charge in [-0.15, -0.1) is 4.57 Å². The maximum Gasteiger partial charge on any atom is 0.239 e. The number of aryl methyl sites for hydroxylation is 3. The lowest BCUT2D eigenvalue weighted by Gasteiger charge is -2.14. The SMILES string of the molecule is CC1=CC(=Nc2cc(C)c(NCCCCCCCCCCCCNc3cc4c(cc3C)nc3cc(C)c(N)cc3[n+]4-c3ccccc3)cc2[NH2+]c2ccccc2)CC=C1N. The summed E-state index contributed by atoms with van der Waals surface area (Å²) in [6, 6.07) is 34.1. The second-order valence-electron chi connectivity index (χ2n) is 16.6. The van der Waals surface area contributed by atoms with Crippen molar-refractivity contribution >= 4 is 61.9 Å². The molecular formula is C52H64N8+2. The molecule has 60 heavy (non-hydrogen) atoms. The molecule has 8 N–H and O–H groups in total. The molecule has 0 atom stereocenters. The monoisotopic (exact) mass is 801 g/mol. The van der Waals surface area contributed by atoms with Crippen LogP contribution < -0.4 is 32.0 Å². The molecule has 1 aliphatic rings. The van der Waals surface area contributed by atoms with E-state index in [4.69, 9.17) is 21.4 Å². The first-order chi connectivity index (χ1) is 29.2. The Labute approximate surface area is 356 Å². The molecule has 5 aromatic carbocycles. The van der Waals surface area contributed by atoms with Crippen LogP contribution in [0.4, 0.5) is 34.1 Å². The average molecular weight is 801 g/mol. The van der Waals surface area contributed by atoms with E-state index in [1.807, 2.05) is 13.8 Å². The van der Waals surface area contributed by atoms with Crippen LogP contribution in [-0.2, 0) is 0 Å². The van der Waals surface area contributed by atoms with Crippen LogP contribution in [0.1, 0.15) is 94.2 Å². The number of benzene rings is 5. The number of allylic oxidation sites excluding steroid dienone is 3. The Morgan fingerprint density at radius 2 is 1.18 bits per heavy atom. The minimum Gasteiger partial charge on any atom is -0.399 e. The van der Waals surface area contributed by atoms with Crippen molar-refractivity contribution in [1.29, 1.82) is 0 Å². The molecule has 6 aromatic rings. The number of aliphatic imine (C=N–C) groups is 1. The fourth-order valence-corrected chi connectivity index (χ4v) is 8.17. The van der Waals surface area contributed by atoms with Crippen molar-refractivity contribution in [2.45, 2.75) is 98.3 Å². The average Bonchev–Trinajstić information content (AvgIpc) is 3.24. The molecule has 7 rings (SSSR count). The number of anilines is 3. The predicted molar refractivity (Wildman–Crippen MR) is 254 cm³/mol. The topological polar surface area (TPSA) is 122 Å². The molecule has 0 fully saturated rings. The van der Waals surface area contributed by atoms with Crippen LogP contribution in [0.5, 0.6) is 0 Å². The van der Waals surface area contributed by atoms with Crippen molar-refractivity contribution < 1.29 is 9.88 Å². The third kappa shape index (κ3) is 10.8. The van der Waals surface area contributed by atoms with Crippen molar-refractivity contribution in [2.75, 3.05) is 29.5 Å². The first-order valence-corrected chi connectivity index (χ1v) is 22.1. The van der Waals surface area contributed by atoms with Gasteiger partial charge in [-0.3, -0.25) is 5.32 Å². The van der Waals surface area contributed by atoms with Gasteiger partial charge < -0.3 is 22.1 Å². The zero-order valence-corrected chi connectivity index (χ0v) is 36.2. The molecule has 1 aromatic heterocycles. The Bertz CT molecular complexity index is 2500. The standard InChI is InChI=1S/C52H62N8/c1-36-29-41(25-26-43(36)53)58-47-31-38(3)45(34-48(47)57-40-21-15-13-16-22-40)55-27-19-11-9-7-5-6-8-10-12-20-28-56-46-35-52-50(32-39(46)4)59-49-30-37(2)44(54)33-51(49)60(52)42-23-17-14-18-24-42/h13-18,21-24,26,29-35,55,57H,5-12,19-20,25,27-28,53H2,1-4H3,(H2,54,56)/p+2. The highest BCUT2D eigenvalue weighted by Crippen LogP contribution is 2.31. The van der Waals surface area contributed by atoms with Gasteiger partial charge in [-0.25, -0.2) is 9.98 Å². The molecule has 8 nitrogen and oxygen atoms in total. The lowest BCUT2D eigenvalue weighted by molar-refractivity contribution is -0.538. The fourth-order valence-electron chi connectivity index (χ4n) is 8.17. The minimum absolute atomic E-state index is 0.752. The van der Waals surface area contributed by atoms with Crippen molar-refractivity contribution in [3.8, 4) is 5.69 Å². The number of nitrogens with one attached hydrogen (secondary N) is 2. The summed E-state index contributed by atoms with van der Waals surface area (Å²) >= 11 is 0. The summed E-state index contributed by atoms with van der Waals surface area (Å²) < 4.78 is 2.29. The summed E-state index contributed by atoms with van der Waals surface area (Å²) in [5.41, 5.74) is 30.5. The van der Waals surface area contributed by atoms with Crippen molar-refractivity contribution in [2.24, 2.45) is 10.7 Å². The number of aromatic nitrogens is 2. The number of para-hydroxylation sites is 2. The smallest absolute Gasteiger partial charge is 0.239 e. The second kappa shape index (κ2) is 20.3. The number of rotatable bonds is 19. The van der Waals surface area contributed by atoms with E-state index in [2.05, 4.69) is 144 Å². The molecule has 0 radical (unpaired) electrons. The fraction of sp³-hybridized carbons (Fsp3) is 0.327. The zero-order valence-electron chi connectivity index (χ0n) is 36.2. The number of nitrogens with two attached hydrogens (primary N) is 3. The number of nitrogens with zero attached hydrogens (tertiary/aromatic N) is 3. The molecule has 0 aliphatic heterocycles. The van der Waals surface area contributed by atoms with Crippen LogP contribution in [0.2, 0.25) is 0 Å². The molecule has 1 heterocycles. The van der Waals surface area contributed by atoms with E-state index in [0.717, 1.165) is 86.9 Å². The number of nitrogen functional groups attached to an aromatic ring is 1. The van der Waals surface area contributed by atoms with E-state index in [1.165, 1.54) is 92.4 Å². The van der Waals surface area contributed by atoms with Crippen LogP contribution in [0.3, 0.4) is 0 Å². The van der Waals surface area contributed by atoms with Gasteiger partial charge in [-0.1, -0.05) is 93.8 Å². The highest BCUT2D eigenvalue weighted by Gasteiger charge is 2.22. The molecule has 0 saturated carbocycles. The summed E-state index contributed by atoms with van der Waals surface area (Å²) in [7, 11) is 0. The number of hydrogen-bond donors (Lipinski definition) is 5. The number of unbranched alkanes of at least 4 members (excludes halogenated alkanes) is 9. The maximum atomic E-state index is 6.40. The van der Waals surface area contributed by atoms with E-state index in [0.29, 0.717) is 0 Å². The number of fused-ring (bicyclic) bond motifs is 2. The summed E-state index contributed by atoms with van der Waals surface area (Å²) in [6.07, 6.45) is 17.7. The number of hydrogen-bond acceptors (Lipinski definition) is 6. The van der Waals surface area contributed by atoms with Crippen molar-refractivity contribution in [3.05, 3.63) is 137 Å². The van der Waals surface area contributed by atoms with Gasteiger partial charge in [0.05, 0.1) is 0 Å². The van der Waals surface area contributed by atoms with Gasteiger partial charge in [-0.2, -0.15) is 0 Å². The summed E-state index contributed by atoms with van der Waals surface area (Å²) in [5, 5.41) is 9.72.